The van der Waals surface area contributed by atoms with E-state index in [1.54, 1.807) is 24.4 Å². The highest BCUT2D eigenvalue weighted by Gasteiger charge is 2.11. The standard InChI is InChI=1S/C24H19ClN6O2/c25-17-5-7-18(8-6-17)26-12-16-4-9-21-28-19(15-30(21)14-16)13-27-24(33)20-11-23(32)31-10-2-1-3-22(31)29-20/h1-11,14-15,26H,12-13H2,(H,27,33). The van der Waals surface area contributed by atoms with Crippen molar-refractivity contribution in [2.75, 3.05) is 5.32 Å². The molecule has 2 N–H and O–H groups in total. The Bertz CT molecular complexity index is 1520. The molecule has 0 unspecified atom stereocenters. The molecule has 0 aliphatic heterocycles. The molecule has 0 bridgehead atoms. The lowest BCUT2D eigenvalue weighted by atomic mass is 10.2. The number of halogens is 1. The Hall–Kier alpha value is -4.17. The number of nitrogens with zero attached hydrogens (tertiary/aromatic N) is 4. The predicted octanol–water partition coefficient (Wildman–Crippen LogP) is 3.54. The van der Waals surface area contributed by atoms with Crippen LogP contribution in [-0.2, 0) is 13.1 Å². The molecule has 4 heterocycles. The zero-order valence-corrected chi connectivity index (χ0v) is 18.2. The molecule has 5 aromatic rings. The van der Waals surface area contributed by atoms with Crippen molar-refractivity contribution in [3.05, 3.63) is 112 Å². The van der Waals surface area contributed by atoms with Crippen LogP contribution in [-0.4, -0.2) is 24.7 Å². The van der Waals surface area contributed by atoms with E-state index in [1.165, 1.54) is 10.5 Å². The van der Waals surface area contributed by atoms with Gasteiger partial charge in [-0.25, -0.2) is 9.97 Å². The van der Waals surface area contributed by atoms with Crippen LogP contribution >= 0.6 is 11.6 Å². The van der Waals surface area contributed by atoms with Crippen molar-refractivity contribution < 1.29 is 4.79 Å². The summed E-state index contributed by atoms with van der Waals surface area (Å²) in [4.78, 5) is 33.6. The van der Waals surface area contributed by atoms with Gasteiger partial charge in [0.2, 0.25) is 0 Å². The Balaban J connectivity index is 1.26. The average molecular weight is 459 g/mol. The van der Waals surface area contributed by atoms with Crippen LogP contribution in [0.25, 0.3) is 11.3 Å². The number of hydrogen-bond donors (Lipinski definition) is 2. The monoisotopic (exact) mass is 458 g/mol. The molecule has 0 aliphatic carbocycles. The van der Waals surface area contributed by atoms with Crippen LogP contribution in [0.4, 0.5) is 5.69 Å². The molecule has 1 aromatic carbocycles. The van der Waals surface area contributed by atoms with Crippen molar-refractivity contribution in [1.29, 1.82) is 0 Å². The first kappa shape index (κ1) is 20.7. The third-order valence-corrected chi connectivity index (χ3v) is 5.39. The Morgan fingerprint density at radius 1 is 0.939 bits per heavy atom. The zero-order valence-electron chi connectivity index (χ0n) is 17.4. The first-order valence-corrected chi connectivity index (χ1v) is 10.7. The molecule has 4 aromatic heterocycles. The van der Waals surface area contributed by atoms with Gasteiger partial charge < -0.3 is 15.0 Å². The number of benzene rings is 1. The van der Waals surface area contributed by atoms with E-state index >= 15 is 0 Å². The molecule has 0 aliphatic rings. The van der Waals surface area contributed by atoms with E-state index in [0.29, 0.717) is 22.9 Å². The number of hydrogen-bond acceptors (Lipinski definition) is 5. The minimum absolute atomic E-state index is 0.0746. The number of rotatable bonds is 6. The molecule has 0 radical (unpaired) electrons. The maximum Gasteiger partial charge on any atom is 0.270 e. The molecule has 1 amide bonds. The summed E-state index contributed by atoms with van der Waals surface area (Å²) in [5, 5.41) is 6.83. The maximum atomic E-state index is 12.6. The van der Waals surface area contributed by atoms with Gasteiger partial charge in [0.05, 0.1) is 12.2 Å². The summed E-state index contributed by atoms with van der Waals surface area (Å²) in [5.41, 5.74) is 3.72. The Kier molecular flexibility index (Phi) is 5.50. The largest absolute Gasteiger partial charge is 0.381 e. The fourth-order valence-corrected chi connectivity index (χ4v) is 3.61. The second-order valence-electron chi connectivity index (χ2n) is 7.49. The lowest BCUT2D eigenvalue weighted by Crippen LogP contribution is -2.27. The van der Waals surface area contributed by atoms with Crippen LogP contribution in [0.5, 0.6) is 0 Å². The third-order valence-electron chi connectivity index (χ3n) is 5.14. The Morgan fingerprint density at radius 3 is 2.64 bits per heavy atom. The summed E-state index contributed by atoms with van der Waals surface area (Å²) in [6.07, 6.45) is 5.47. The first-order valence-electron chi connectivity index (χ1n) is 10.3. The summed E-state index contributed by atoms with van der Waals surface area (Å²) in [5.74, 6) is -0.427. The minimum atomic E-state index is -0.427. The van der Waals surface area contributed by atoms with E-state index in [2.05, 4.69) is 20.6 Å². The van der Waals surface area contributed by atoms with Gasteiger partial charge in [-0.15, -0.1) is 0 Å². The highest BCUT2D eigenvalue weighted by atomic mass is 35.5. The quantitative estimate of drug-likeness (QED) is 0.406. The number of imidazole rings is 1. The van der Waals surface area contributed by atoms with Crippen molar-refractivity contribution in [3.8, 4) is 0 Å². The van der Waals surface area contributed by atoms with Gasteiger partial charge in [-0.1, -0.05) is 23.7 Å². The lowest BCUT2D eigenvalue weighted by molar-refractivity contribution is 0.0945. The molecule has 0 spiro atoms. The molecule has 0 saturated carbocycles. The number of fused-ring (bicyclic) bond motifs is 2. The molecule has 9 heteroatoms. The normalized spacial score (nSPS) is 11.1. The van der Waals surface area contributed by atoms with Crippen LogP contribution in [0.2, 0.25) is 5.02 Å². The maximum absolute atomic E-state index is 12.6. The van der Waals surface area contributed by atoms with E-state index in [9.17, 15) is 9.59 Å². The highest BCUT2D eigenvalue weighted by molar-refractivity contribution is 6.30. The van der Waals surface area contributed by atoms with Gasteiger partial charge in [-0.2, -0.15) is 0 Å². The summed E-state index contributed by atoms with van der Waals surface area (Å²) in [6, 6.07) is 17.9. The fourth-order valence-electron chi connectivity index (χ4n) is 3.48. The fraction of sp³-hybridized carbons (Fsp3) is 0.0833. The Morgan fingerprint density at radius 2 is 1.79 bits per heavy atom. The van der Waals surface area contributed by atoms with Gasteiger partial charge in [0.1, 0.15) is 17.0 Å². The second kappa shape index (κ2) is 8.76. The lowest BCUT2D eigenvalue weighted by Gasteiger charge is -2.07. The SMILES string of the molecule is O=C(NCc1cn2cc(CNc3ccc(Cl)cc3)ccc2n1)c1cc(=O)n2ccccc2n1. The van der Waals surface area contributed by atoms with Crippen LogP contribution in [0, 0.1) is 0 Å². The summed E-state index contributed by atoms with van der Waals surface area (Å²) in [6.45, 7) is 0.861. The smallest absolute Gasteiger partial charge is 0.270 e. The Labute approximate surface area is 193 Å². The van der Waals surface area contributed by atoms with E-state index in [4.69, 9.17) is 11.6 Å². The summed E-state index contributed by atoms with van der Waals surface area (Å²) >= 11 is 5.92. The van der Waals surface area contributed by atoms with Crippen molar-refractivity contribution in [2.45, 2.75) is 13.1 Å². The third kappa shape index (κ3) is 4.56. The van der Waals surface area contributed by atoms with Crippen molar-refractivity contribution >= 4 is 34.5 Å². The first-order chi connectivity index (χ1) is 16.0. The van der Waals surface area contributed by atoms with Gasteiger partial charge in [0.25, 0.3) is 11.5 Å². The molecule has 164 valence electrons. The molecule has 0 saturated heterocycles. The topological polar surface area (TPSA) is 92.8 Å². The van der Waals surface area contributed by atoms with E-state index in [-0.39, 0.29) is 17.8 Å². The predicted molar refractivity (Wildman–Crippen MR) is 127 cm³/mol. The van der Waals surface area contributed by atoms with Gasteiger partial charge >= 0.3 is 0 Å². The molecule has 5 rings (SSSR count). The van der Waals surface area contributed by atoms with Crippen LogP contribution in [0.1, 0.15) is 21.7 Å². The zero-order chi connectivity index (χ0) is 22.8. The van der Waals surface area contributed by atoms with Crippen molar-refractivity contribution in [2.24, 2.45) is 0 Å². The van der Waals surface area contributed by atoms with Crippen LogP contribution in [0.3, 0.4) is 0 Å². The van der Waals surface area contributed by atoms with Gasteiger partial charge in [-0.05, 0) is 48.0 Å². The number of aromatic nitrogens is 4. The number of pyridine rings is 2. The molecule has 33 heavy (non-hydrogen) atoms. The van der Waals surface area contributed by atoms with Crippen molar-refractivity contribution in [1.82, 2.24) is 24.1 Å². The van der Waals surface area contributed by atoms with Crippen LogP contribution < -0.4 is 16.2 Å². The molecule has 8 nitrogen and oxygen atoms in total. The van der Waals surface area contributed by atoms with E-state index < -0.39 is 5.91 Å². The summed E-state index contributed by atoms with van der Waals surface area (Å²) < 4.78 is 3.30. The molecule has 0 fully saturated rings. The second-order valence-corrected chi connectivity index (χ2v) is 7.92. The summed E-state index contributed by atoms with van der Waals surface area (Å²) in [7, 11) is 0. The molecular formula is C24H19ClN6O2. The van der Waals surface area contributed by atoms with E-state index in [1.807, 2.05) is 53.2 Å². The molecular weight excluding hydrogens is 440 g/mol. The van der Waals surface area contributed by atoms with Gasteiger partial charge in [0, 0.05) is 41.9 Å². The van der Waals surface area contributed by atoms with Gasteiger partial charge in [0.15, 0.2) is 0 Å². The number of anilines is 1. The average Bonchev–Trinajstić information content (AvgIpc) is 3.24. The van der Waals surface area contributed by atoms with Crippen molar-refractivity contribution in [3.63, 3.8) is 0 Å². The number of nitrogens with one attached hydrogen (secondary N) is 2. The van der Waals surface area contributed by atoms with E-state index in [0.717, 1.165) is 16.9 Å². The highest BCUT2D eigenvalue weighted by Crippen LogP contribution is 2.15. The van der Waals surface area contributed by atoms with Crippen LogP contribution in [0.15, 0.2) is 84.0 Å². The van der Waals surface area contributed by atoms with Gasteiger partial charge in [-0.3, -0.25) is 14.0 Å². The minimum Gasteiger partial charge on any atom is -0.381 e. The number of carbonyl (C=O) groups is 1. The number of carbonyl (C=O) groups excluding carboxylic acids is 1. The molecule has 0 atom stereocenters. The number of amides is 1.